The maximum Gasteiger partial charge on any atom is 0.333 e. The summed E-state index contributed by atoms with van der Waals surface area (Å²) in [5.41, 5.74) is 0.277. The minimum Gasteiger partial charge on any atom is -0.691 e. The molecule has 0 aliphatic carbocycles. The van der Waals surface area contributed by atoms with Gasteiger partial charge in [-0.2, -0.15) is 0 Å². The highest BCUT2D eigenvalue weighted by molar-refractivity contribution is 7.89. The maximum atomic E-state index is 13.6. The number of ether oxygens (including phenoxy) is 5. The van der Waals surface area contributed by atoms with Crippen molar-refractivity contribution < 1.29 is 77.6 Å². The fraction of sp³-hybridized carbons (Fsp3) is 0.918. The SMILES string of the molecule is CCCCCCCCCCCCCCCCC/C=C(\C)C(=O)OC1C(O)C(CO)OC(OC2OC(CO)C(O)C(O)C2OSOO[O-])C1OC(=O)CCCCCCCCCCCCCCC. The van der Waals surface area contributed by atoms with Crippen LogP contribution in [0.25, 0.3) is 0 Å². The highest BCUT2D eigenvalue weighted by Crippen LogP contribution is 2.34. The van der Waals surface area contributed by atoms with Crippen molar-refractivity contribution in [2.75, 3.05) is 13.2 Å². The fourth-order valence-electron chi connectivity index (χ4n) is 8.52. The van der Waals surface area contributed by atoms with Crippen LogP contribution in [-0.4, -0.2) is 112 Å². The molecule has 2 aliphatic heterocycles. The lowest BCUT2D eigenvalue weighted by molar-refractivity contribution is -0.777. The zero-order valence-electron chi connectivity index (χ0n) is 40.6. The van der Waals surface area contributed by atoms with E-state index in [0.717, 1.165) is 44.9 Å². The third kappa shape index (κ3) is 25.4. The number of unbranched alkanes of at least 4 members (excludes halogenated alkanes) is 27. The molecular weight excluding hydrogens is 877 g/mol. The molecule has 2 fully saturated rings. The third-order valence-electron chi connectivity index (χ3n) is 12.7. The molecule has 66 heavy (non-hydrogen) atoms. The van der Waals surface area contributed by atoms with Gasteiger partial charge in [0.05, 0.1) is 13.2 Å². The van der Waals surface area contributed by atoms with E-state index in [4.69, 9.17) is 27.9 Å². The lowest BCUT2D eigenvalue weighted by atomic mass is 9.97. The third-order valence-corrected chi connectivity index (χ3v) is 13.1. The molecule has 5 N–H and O–H groups in total. The van der Waals surface area contributed by atoms with Crippen molar-refractivity contribution >= 4 is 24.3 Å². The van der Waals surface area contributed by atoms with E-state index in [0.29, 0.717) is 12.8 Å². The number of rotatable bonds is 41. The highest BCUT2D eigenvalue weighted by atomic mass is 32.2. The van der Waals surface area contributed by atoms with Gasteiger partial charge in [-0.1, -0.05) is 187 Å². The molecule has 2 rings (SSSR count). The van der Waals surface area contributed by atoms with Gasteiger partial charge in [-0.25, -0.2) is 4.79 Å². The number of esters is 2. The summed E-state index contributed by atoms with van der Waals surface area (Å²) < 4.78 is 38.7. The second-order valence-electron chi connectivity index (χ2n) is 18.3. The Kier molecular flexibility index (Phi) is 36.1. The second kappa shape index (κ2) is 39.3. The van der Waals surface area contributed by atoms with Gasteiger partial charge in [0.15, 0.2) is 36.9 Å². The van der Waals surface area contributed by atoms with Gasteiger partial charge in [0.1, 0.15) is 30.5 Å². The molecule has 0 amide bonds. The van der Waals surface area contributed by atoms with Gasteiger partial charge in [-0.05, 0) is 26.2 Å². The Morgan fingerprint density at radius 3 is 1.44 bits per heavy atom. The molecule has 2 aliphatic rings. The maximum absolute atomic E-state index is 13.6. The molecular formula is C49H89O16S-. The average molecular weight is 966 g/mol. The van der Waals surface area contributed by atoms with Crippen LogP contribution < -0.4 is 5.26 Å². The van der Waals surface area contributed by atoms with E-state index in [-0.39, 0.29) is 24.3 Å². The first-order valence-corrected chi connectivity index (χ1v) is 26.4. The van der Waals surface area contributed by atoms with Crippen molar-refractivity contribution in [2.24, 2.45) is 0 Å². The van der Waals surface area contributed by atoms with E-state index >= 15 is 0 Å². The summed E-state index contributed by atoms with van der Waals surface area (Å²) in [4.78, 5) is 27.0. The van der Waals surface area contributed by atoms with Crippen LogP contribution in [0.15, 0.2) is 11.6 Å². The van der Waals surface area contributed by atoms with Crippen LogP contribution in [0.2, 0.25) is 0 Å². The number of hydrogen-bond donors (Lipinski definition) is 5. The summed E-state index contributed by atoms with van der Waals surface area (Å²) in [5.74, 6) is -1.47. The van der Waals surface area contributed by atoms with Gasteiger partial charge < -0.3 is 54.5 Å². The summed E-state index contributed by atoms with van der Waals surface area (Å²) in [6, 6.07) is 0. The van der Waals surface area contributed by atoms with Gasteiger partial charge in [-0.3, -0.25) is 14.0 Å². The van der Waals surface area contributed by atoms with Gasteiger partial charge in [-0.15, -0.1) is 4.33 Å². The molecule has 2 saturated heterocycles. The first kappa shape index (κ1) is 60.7. The van der Waals surface area contributed by atoms with Crippen molar-refractivity contribution in [3.63, 3.8) is 0 Å². The molecule has 0 radical (unpaired) electrons. The summed E-state index contributed by atoms with van der Waals surface area (Å²) in [6.45, 7) is 4.54. The van der Waals surface area contributed by atoms with Crippen molar-refractivity contribution in [1.29, 1.82) is 0 Å². The normalized spacial score (nSPS) is 25.9. The monoisotopic (exact) mass is 966 g/mol. The van der Waals surface area contributed by atoms with Crippen LogP contribution in [0, 0.1) is 0 Å². The van der Waals surface area contributed by atoms with Crippen molar-refractivity contribution in [1.82, 2.24) is 0 Å². The minimum absolute atomic E-state index is 0.000394. The largest absolute Gasteiger partial charge is 0.691 e. The van der Waals surface area contributed by atoms with Crippen LogP contribution >= 0.6 is 12.3 Å². The van der Waals surface area contributed by atoms with Crippen molar-refractivity contribution in [2.45, 2.75) is 275 Å². The van der Waals surface area contributed by atoms with E-state index in [1.54, 1.807) is 13.0 Å². The first-order chi connectivity index (χ1) is 32.1. The van der Waals surface area contributed by atoms with Crippen LogP contribution in [-0.2, 0) is 46.8 Å². The number of aliphatic hydroxyl groups excluding tert-OH is 5. The molecule has 388 valence electrons. The van der Waals surface area contributed by atoms with Crippen LogP contribution in [0.3, 0.4) is 0 Å². The smallest absolute Gasteiger partial charge is 0.333 e. The molecule has 0 spiro atoms. The van der Waals surface area contributed by atoms with E-state index in [2.05, 4.69) is 23.2 Å². The van der Waals surface area contributed by atoms with Gasteiger partial charge in [0, 0.05) is 12.0 Å². The lowest BCUT2D eigenvalue weighted by Crippen LogP contribution is -2.65. The van der Waals surface area contributed by atoms with E-state index in [9.17, 15) is 40.4 Å². The van der Waals surface area contributed by atoms with E-state index < -0.39 is 86.6 Å². The minimum atomic E-state index is -1.78. The molecule has 10 unspecified atom stereocenters. The number of aliphatic hydroxyl groups is 5. The zero-order valence-corrected chi connectivity index (χ0v) is 41.4. The molecule has 0 saturated carbocycles. The van der Waals surface area contributed by atoms with Gasteiger partial charge >= 0.3 is 11.9 Å². The quantitative estimate of drug-likeness (QED) is 0.00970. The molecule has 2 heterocycles. The number of allylic oxidation sites excluding steroid dienone is 1. The first-order valence-electron chi connectivity index (χ1n) is 25.7. The Hall–Kier alpha value is -1.45. The molecule has 0 bridgehead atoms. The number of hydrogen-bond acceptors (Lipinski definition) is 17. The number of carbonyl (C=O) groups excluding carboxylic acids is 2. The molecule has 0 aromatic rings. The van der Waals surface area contributed by atoms with E-state index in [1.165, 1.54) is 128 Å². The van der Waals surface area contributed by atoms with Gasteiger partial charge in [0.25, 0.3) is 0 Å². The van der Waals surface area contributed by atoms with E-state index in [1.807, 2.05) is 0 Å². The summed E-state index contributed by atoms with van der Waals surface area (Å²) in [7, 11) is 0. The van der Waals surface area contributed by atoms with Gasteiger partial charge in [0.2, 0.25) is 6.29 Å². The Bertz CT molecular complexity index is 1230. The Morgan fingerprint density at radius 1 is 0.561 bits per heavy atom. The molecule has 16 nitrogen and oxygen atoms in total. The molecule has 10 atom stereocenters. The van der Waals surface area contributed by atoms with Crippen LogP contribution in [0.5, 0.6) is 0 Å². The summed E-state index contributed by atoms with van der Waals surface area (Å²) in [5, 5.41) is 66.6. The molecule has 17 heteroatoms. The summed E-state index contributed by atoms with van der Waals surface area (Å²) in [6.07, 6.45) is 19.5. The Labute approximate surface area is 400 Å². The topological polar surface area (TPSA) is 232 Å². The molecule has 0 aromatic carbocycles. The summed E-state index contributed by atoms with van der Waals surface area (Å²) >= 11 is -0.000394. The molecule has 0 aromatic heterocycles. The highest BCUT2D eigenvalue weighted by Gasteiger charge is 2.54. The van der Waals surface area contributed by atoms with Crippen LogP contribution in [0.4, 0.5) is 0 Å². The fourth-order valence-corrected chi connectivity index (χ4v) is 8.87. The Balaban J connectivity index is 2.03. The lowest BCUT2D eigenvalue weighted by Gasteiger charge is -2.46. The predicted molar refractivity (Wildman–Crippen MR) is 249 cm³/mol. The zero-order chi connectivity index (χ0) is 48.2. The number of carbonyl (C=O) groups is 2. The average Bonchev–Trinajstić information content (AvgIpc) is 3.31. The predicted octanol–water partition coefficient (Wildman–Crippen LogP) is 8.20. The van der Waals surface area contributed by atoms with Crippen molar-refractivity contribution in [3.05, 3.63) is 11.6 Å². The van der Waals surface area contributed by atoms with Crippen molar-refractivity contribution in [3.8, 4) is 0 Å². The van der Waals surface area contributed by atoms with Crippen LogP contribution in [0.1, 0.15) is 213 Å². The second-order valence-corrected chi connectivity index (χ2v) is 18.7. The Morgan fingerprint density at radius 2 is 0.985 bits per heavy atom. The standard InChI is InChI=1S/C49H90O16S/c1-4-6-8-10-12-14-16-18-19-20-22-23-25-27-29-31-33-37(3)47(56)61-44-42(54)39(36-51)59-49(62-48-45(63-66-65-64-57)43(55)41(53)38(35-50)58-48)46(44)60-40(52)34-32-30-28-26-24-21-17-15-13-11-9-7-5-2/h33,38-39,41-46,48-51,53-55,57H,4-32,34-36H2,1-3H3/p-1/b37-33+.